The first kappa shape index (κ1) is 6.79. The van der Waals surface area contributed by atoms with Gasteiger partial charge in [-0.3, -0.25) is 0 Å². The molecule has 0 N–H and O–H groups in total. The Morgan fingerprint density at radius 2 is 1.83 bits per heavy atom. The lowest BCUT2D eigenvalue weighted by molar-refractivity contribution is 0.670. The summed E-state index contributed by atoms with van der Waals surface area (Å²) >= 11 is 8.59. The van der Waals surface area contributed by atoms with E-state index in [9.17, 15) is 0 Å². The van der Waals surface area contributed by atoms with E-state index in [-0.39, 0.29) is 5.09 Å². The maximum absolute atomic E-state index is 5.46. The van der Waals surface area contributed by atoms with E-state index in [1.54, 1.807) is 0 Å². The van der Waals surface area contributed by atoms with Crippen LogP contribution in [0.1, 0.15) is 0 Å². The number of hydrogen-bond acceptors (Lipinski definition) is 1. The van der Waals surface area contributed by atoms with Crippen LogP contribution >= 0.6 is 27.2 Å². The van der Waals surface area contributed by atoms with Crippen molar-refractivity contribution in [3.05, 3.63) is 0 Å². The van der Waals surface area contributed by atoms with Crippen molar-refractivity contribution in [3.8, 4) is 0 Å². The van der Waals surface area contributed by atoms with E-state index in [2.05, 4.69) is 15.8 Å². The average molecular weight is 170 g/mol. The van der Waals surface area contributed by atoms with Crippen molar-refractivity contribution in [2.45, 2.75) is 0 Å². The SMILES string of the molecule is CN(C)B(Cl)Br. The highest BCUT2D eigenvalue weighted by atomic mass is 79.9. The van der Waals surface area contributed by atoms with Gasteiger partial charge in [0.05, 0.1) is 0 Å². The van der Waals surface area contributed by atoms with Gasteiger partial charge in [-0.15, -0.1) is 15.8 Å². The number of halogens is 2. The molecule has 4 heteroatoms. The molecule has 0 aliphatic rings. The normalized spacial score (nSPS) is 9.50. The summed E-state index contributed by atoms with van der Waals surface area (Å²) in [5, 5.41) is -0.0301. The zero-order chi connectivity index (χ0) is 5.15. The molecule has 0 bridgehead atoms. The van der Waals surface area contributed by atoms with Crippen LogP contribution in [-0.2, 0) is 0 Å². The van der Waals surface area contributed by atoms with Gasteiger partial charge in [-0.05, 0) is 14.1 Å². The molecule has 0 saturated carbocycles. The number of nitrogens with zero attached hydrogens (tertiary/aromatic N) is 1. The summed E-state index contributed by atoms with van der Waals surface area (Å²) in [4.78, 5) is 1.85. The molecule has 0 aliphatic heterocycles. The standard InChI is InChI=1S/C2H6BBrClN/c1-6(2)3(4)5/h1-2H3. The summed E-state index contributed by atoms with van der Waals surface area (Å²) < 4.78 is 0. The fourth-order valence-corrected chi connectivity index (χ4v) is 0. The zero-order valence-electron chi connectivity index (χ0n) is 3.78. The third-order valence-corrected chi connectivity index (χ3v) is 1.60. The predicted octanol–water partition coefficient (Wildman–Crippen LogP) is 1.17. The van der Waals surface area contributed by atoms with Crippen LogP contribution in [0.2, 0.25) is 0 Å². The van der Waals surface area contributed by atoms with Gasteiger partial charge in [-0.1, -0.05) is 0 Å². The Bertz CT molecular complexity index is 34.5. The second-order valence-corrected chi connectivity index (χ2v) is 3.05. The smallest absolute Gasteiger partial charge is 0.324 e. The Kier molecular flexibility index (Phi) is 3.27. The Hall–Kier alpha value is 0.795. The average Bonchev–Trinajstić information content (AvgIpc) is 1.36. The molecule has 0 rings (SSSR count). The van der Waals surface area contributed by atoms with Crippen LogP contribution in [0.3, 0.4) is 0 Å². The molecule has 0 heterocycles. The van der Waals surface area contributed by atoms with E-state index in [1.165, 1.54) is 0 Å². The summed E-state index contributed by atoms with van der Waals surface area (Å²) in [6.07, 6.45) is 0. The van der Waals surface area contributed by atoms with E-state index in [4.69, 9.17) is 11.5 Å². The minimum absolute atomic E-state index is 0.0301. The Morgan fingerprint density at radius 1 is 1.67 bits per heavy atom. The molecular formula is C2H6BBrClN. The number of rotatable bonds is 1. The van der Waals surface area contributed by atoms with Crippen LogP contribution in [0.4, 0.5) is 0 Å². The van der Waals surface area contributed by atoms with Crippen LogP contribution in [-0.4, -0.2) is 24.0 Å². The molecule has 0 atom stereocenters. The predicted molar refractivity (Wildman–Crippen MR) is 34.2 cm³/mol. The van der Waals surface area contributed by atoms with Crippen LogP contribution in [0.25, 0.3) is 0 Å². The molecule has 0 amide bonds. The largest absolute Gasteiger partial charge is 0.406 e. The van der Waals surface area contributed by atoms with Crippen molar-refractivity contribution in [3.63, 3.8) is 0 Å². The fourth-order valence-electron chi connectivity index (χ4n) is 0. The van der Waals surface area contributed by atoms with Gasteiger partial charge in [0.1, 0.15) is 0 Å². The molecule has 0 aliphatic carbocycles. The van der Waals surface area contributed by atoms with Crippen LogP contribution in [0, 0.1) is 0 Å². The molecule has 6 heavy (non-hydrogen) atoms. The Labute approximate surface area is 51.6 Å². The van der Waals surface area contributed by atoms with E-state index >= 15 is 0 Å². The van der Waals surface area contributed by atoms with Gasteiger partial charge in [-0.2, -0.15) is 11.5 Å². The van der Waals surface area contributed by atoms with E-state index in [1.807, 2.05) is 18.9 Å². The maximum Gasteiger partial charge on any atom is 0.406 e. The summed E-state index contributed by atoms with van der Waals surface area (Å²) in [5.74, 6) is 0. The first-order chi connectivity index (χ1) is 2.64. The van der Waals surface area contributed by atoms with Gasteiger partial charge in [0.15, 0.2) is 0 Å². The third kappa shape index (κ3) is 3.00. The van der Waals surface area contributed by atoms with E-state index < -0.39 is 0 Å². The van der Waals surface area contributed by atoms with Gasteiger partial charge < -0.3 is 4.81 Å². The highest BCUT2D eigenvalue weighted by Gasteiger charge is 2.04. The van der Waals surface area contributed by atoms with Gasteiger partial charge in [0.25, 0.3) is 0 Å². The van der Waals surface area contributed by atoms with E-state index in [0.29, 0.717) is 0 Å². The number of hydrogen-bond donors (Lipinski definition) is 0. The van der Waals surface area contributed by atoms with Crippen LogP contribution < -0.4 is 0 Å². The summed E-state index contributed by atoms with van der Waals surface area (Å²) in [6, 6.07) is 0. The second-order valence-electron chi connectivity index (χ2n) is 1.24. The molecule has 36 valence electrons. The minimum atomic E-state index is -0.0301. The van der Waals surface area contributed by atoms with Crippen molar-refractivity contribution in [2.75, 3.05) is 14.1 Å². The molecule has 0 aromatic carbocycles. The van der Waals surface area contributed by atoms with Gasteiger partial charge >= 0.3 is 5.09 Å². The Balaban J connectivity index is 2.99. The second kappa shape index (κ2) is 2.89. The van der Waals surface area contributed by atoms with Crippen molar-refractivity contribution in [2.24, 2.45) is 0 Å². The molecular weight excluding hydrogens is 164 g/mol. The fraction of sp³-hybridized carbons (Fsp3) is 1.00. The molecule has 0 aromatic heterocycles. The topological polar surface area (TPSA) is 3.24 Å². The lowest BCUT2D eigenvalue weighted by atomic mass is 10.4. The van der Waals surface area contributed by atoms with Crippen molar-refractivity contribution in [1.29, 1.82) is 0 Å². The summed E-state index contributed by atoms with van der Waals surface area (Å²) in [7, 11) is 3.79. The van der Waals surface area contributed by atoms with Crippen molar-refractivity contribution >= 4 is 32.3 Å². The van der Waals surface area contributed by atoms with Crippen molar-refractivity contribution < 1.29 is 0 Å². The van der Waals surface area contributed by atoms with Crippen LogP contribution in [0.5, 0.6) is 0 Å². The van der Waals surface area contributed by atoms with Crippen LogP contribution in [0.15, 0.2) is 0 Å². The first-order valence-electron chi connectivity index (χ1n) is 1.59. The van der Waals surface area contributed by atoms with Gasteiger partial charge in [-0.25, -0.2) is 0 Å². The highest BCUT2D eigenvalue weighted by molar-refractivity contribution is 9.25. The monoisotopic (exact) mass is 169 g/mol. The molecule has 0 radical (unpaired) electrons. The summed E-state index contributed by atoms with van der Waals surface area (Å²) in [5.41, 5.74) is 0. The zero-order valence-corrected chi connectivity index (χ0v) is 6.12. The molecule has 0 fully saturated rings. The molecule has 0 unspecified atom stereocenters. The lowest BCUT2D eigenvalue weighted by Crippen LogP contribution is -2.20. The van der Waals surface area contributed by atoms with Crippen molar-refractivity contribution in [1.82, 2.24) is 4.81 Å². The lowest BCUT2D eigenvalue weighted by Gasteiger charge is -2.04. The maximum atomic E-state index is 5.46. The van der Waals surface area contributed by atoms with Gasteiger partial charge in [0.2, 0.25) is 0 Å². The first-order valence-corrected chi connectivity index (χ1v) is 2.94. The highest BCUT2D eigenvalue weighted by Crippen LogP contribution is 1.99. The molecule has 0 spiro atoms. The minimum Gasteiger partial charge on any atom is -0.324 e. The third-order valence-electron chi connectivity index (χ3n) is 0.390. The van der Waals surface area contributed by atoms with E-state index in [0.717, 1.165) is 0 Å². The quantitative estimate of drug-likeness (QED) is 0.534. The summed E-state index contributed by atoms with van der Waals surface area (Å²) in [6.45, 7) is 0. The molecule has 1 nitrogen and oxygen atoms in total. The molecule has 0 aromatic rings. The Morgan fingerprint density at radius 3 is 1.83 bits per heavy atom. The van der Waals surface area contributed by atoms with Gasteiger partial charge in [0, 0.05) is 0 Å². The molecule has 0 saturated heterocycles.